The third-order valence-corrected chi connectivity index (χ3v) is 8.91. The first-order valence-electron chi connectivity index (χ1n) is 18.6. The predicted molar refractivity (Wildman–Crippen MR) is 176 cm³/mol. The van der Waals surface area contributed by atoms with Crippen LogP contribution in [0.2, 0.25) is 0 Å². The molecule has 0 saturated carbocycles. The quantitative estimate of drug-likeness (QED) is 0.0734. The maximum Gasteiger partial charge on any atom is 0.0768 e. The van der Waals surface area contributed by atoms with Crippen LogP contribution in [0.4, 0.5) is 0 Å². The maximum atomic E-state index is 2.42. The fourth-order valence-electron chi connectivity index (χ4n) is 6.07. The van der Waals surface area contributed by atoms with Crippen LogP contribution in [0.3, 0.4) is 0 Å². The van der Waals surface area contributed by atoms with Gasteiger partial charge in [-0.2, -0.15) is 0 Å². The van der Waals surface area contributed by atoms with Gasteiger partial charge in [-0.3, -0.25) is 0 Å². The van der Waals surface area contributed by atoms with Gasteiger partial charge in [0, 0.05) is 0 Å². The van der Waals surface area contributed by atoms with Crippen molar-refractivity contribution in [3.05, 3.63) is 0 Å². The first-order valence-corrected chi connectivity index (χ1v) is 18.6. The van der Waals surface area contributed by atoms with E-state index in [2.05, 4.69) is 20.9 Å². The minimum absolute atomic E-state index is 0. The van der Waals surface area contributed by atoms with Crippen molar-refractivity contribution >= 4 is 0 Å². The second kappa shape index (κ2) is 38.2. The molecular weight excluding hydrogens is 494 g/mol. The molecule has 0 aromatic rings. The molecule has 0 heterocycles. The second-order valence-corrected chi connectivity index (χ2v) is 13.1. The lowest BCUT2D eigenvalue weighted by Crippen LogP contribution is -3.09. The number of hydrogen-bond acceptors (Lipinski definition) is 0. The van der Waals surface area contributed by atoms with E-state index in [4.69, 9.17) is 0 Å². The Morgan fingerprint density at radius 1 is 0.256 bits per heavy atom. The highest BCUT2D eigenvalue weighted by molar-refractivity contribution is 4.51. The van der Waals surface area contributed by atoms with Crippen LogP contribution < -0.4 is 17.3 Å². The third kappa shape index (κ3) is 38.2. The van der Waals surface area contributed by atoms with Crippen LogP contribution in [0.15, 0.2) is 0 Å². The fourth-order valence-corrected chi connectivity index (χ4v) is 6.07. The van der Waals surface area contributed by atoms with Crippen LogP contribution in [-0.4, -0.2) is 20.1 Å². The minimum Gasteiger partial charge on any atom is -1.00 e. The average molecular weight is 572 g/mol. The summed E-state index contributed by atoms with van der Waals surface area (Å²) in [7, 11) is 2.42. The van der Waals surface area contributed by atoms with Crippen molar-refractivity contribution in [2.75, 3.05) is 20.1 Å². The van der Waals surface area contributed by atoms with Crippen molar-refractivity contribution in [1.29, 1.82) is 0 Å². The Hall–Kier alpha value is 0.250. The summed E-state index contributed by atoms with van der Waals surface area (Å²) in [6, 6.07) is 0. The van der Waals surface area contributed by atoms with Crippen molar-refractivity contribution in [2.45, 2.75) is 219 Å². The zero-order chi connectivity index (χ0) is 27.6. The van der Waals surface area contributed by atoms with Gasteiger partial charge in [-0.25, -0.2) is 0 Å². The number of quaternary nitrogens is 1. The molecule has 1 N–H and O–H groups in total. The number of hydrogen-bond donors (Lipinski definition) is 1. The molecule has 0 saturated heterocycles. The van der Waals surface area contributed by atoms with Crippen molar-refractivity contribution in [2.24, 2.45) is 0 Å². The summed E-state index contributed by atoms with van der Waals surface area (Å²) < 4.78 is 0. The molecule has 0 aromatic carbocycles. The van der Waals surface area contributed by atoms with Gasteiger partial charge in [0.15, 0.2) is 0 Å². The van der Waals surface area contributed by atoms with E-state index in [-0.39, 0.29) is 12.4 Å². The van der Waals surface area contributed by atoms with Gasteiger partial charge in [-0.05, 0) is 25.7 Å². The summed E-state index contributed by atoms with van der Waals surface area (Å²) in [5, 5.41) is 0. The van der Waals surface area contributed by atoms with Crippen LogP contribution in [0.1, 0.15) is 219 Å². The van der Waals surface area contributed by atoms with Crippen LogP contribution in [-0.2, 0) is 0 Å². The molecule has 39 heavy (non-hydrogen) atoms. The lowest BCUT2D eigenvalue weighted by Gasteiger charge is -2.13. The Labute approximate surface area is 256 Å². The van der Waals surface area contributed by atoms with Crippen molar-refractivity contribution in [1.82, 2.24) is 0 Å². The lowest BCUT2D eigenvalue weighted by molar-refractivity contribution is -0.880. The van der Waals surface area contributed by atoms with Crippen LogP contribution in [0.5, 0.6) is 0 Å². The minimum atomic E-state index is 0. The van der Waals surface area contributed by atoms with Gasteiger partial charge in [0.25, 0.3) is 0 Å². The van der Waals surface area contributed by atoms with Gasteiger partial charge in [0.05, 0.1) is 20.1 Å². The SMILES string of the molecule is CCCCCCCCCCCCCCCCCCCCCC[NH+](C)CCCCCCCCCCCCCC.[Cl-]. The van der Waals surface area contributed by atoms with E-state index in [9.17, 15) is 0 Å². The highest BCUT2D eigenvalue weighted by Crippen LogP contribution is 2.15. The number of rotatable bonds is 34. The Morgan fingerprint density at radius 2 is 0.410 bits per heavy atom. The normalized spacial score (nSPS) is 12.1. The van der Waals surface area contributed by atoms with E-state index in [0.29, 0.717) is 0 Å². The third-order valence-electron chi connectivity index (χ3n) is 8.91. The first kappa shape index (κ1) is 41.4. The monoisotopic (exact) mass is 572 g/mol. The smallest absolute Gasteiger partial charge is 0.0768 e. The Morgan fingerprint density at radius 3 is 0.590 bits per heavy atom. The molecule has 0 aliphatic heterocycles. The predicted octanol–water partition coefficient (Wildman–Crippen LogP) is 9.03. The average Bonchev–Trinajstić information content (AvgIpc) is 2.92. The molecule has 0 bridgehead atoms. The molecular formula is C37H78ClN. The van der Waals surface area contributed by atoms with Crippen molar-refractivity contribution in [3.8, 4) is 0 Å². The second-order valence-electron chi connectivity index (χ2n) is 13.1. The molecule has 0 rings (SSSR count). The molecule has 238 valence electrons. The topological polar surface area (TPSA) is 4.44 Å². The highest BCUT2D eigenvalue weighted by Gasteiger charge is 2.02. The number of nitrogens with one attached hydrogen (secondary N) is 1. The Balaban J connectivity index is 0. The summed E-state index contributed by atoms with van der Waals surface area (Å²) in [6.07, 6.45) is 47.0. The lowest BCUT2D eigenvalue weighted by atomic mass is 10.0. The summed E-state index contributed by atoms with van der Waals surface area (Å²) in [5.74, 6) is 0. The standard InChI is InChI=1S/C37H77N.ClH/c1-4-6-8-10-12-14-16-18-19-20-21-22-23-24-25-27-29-31-33-35-37-38(3)36-34-32-30-28-26-17-15-13-11-9-7-5-2;/h4-37H2,1-3H3;1H. The van der Waals surface area contributed by atoms with Gasteiger partial charge >= 0.3 is 0 Å². The first-order chi connectivity index (χ1) is 18.8. The van der Waals surface area contributed by atoms with Gasteiger partial charge in [0.1, 0.15) is 0 Å². The van der Waals surface area contributed by atoms with Crippen LogP contribution in [0, 0.1) is 0 Å². The molecule has 0 aromatic heterocycles. The largest absolute Gasteiger partial charge is 1.00 e. The molecule has 1 atom stereocenters. The molecule has 2 heteroatoms. The molecule has 0 radical (unpaired) electrons. The van der Waals surface area contributed by atoms with Crippen molar-refractivity contribution in [3.63, 3.8) is 0 Å². The van der Waals surface area contributed by atoms with E-state index < -0.39 is 0 Å². The van der Waals surface area contributed by atoms with E-state index in [0.717, 1.165) is 0 Å². The molecule has 1 nitrogen and oxygen atoms in total. The molecule has 0 fully saturated rings. The summed E-state index contributed by atoms with van der Waals surface area (Å²) in [4.78, 5) is 1.78. The molecule has 0 spiro atoms. The van der Waals surface area contributed by atoms with Gasteiger partial charge < -0.3 is 17.3 Å². The Bertz CT molecular complexity index is 399. The van der Waals surface area contributed by atoms with Gasteiger partial charge in [0.2, 0.25) is 0 Å². The maximum absolute atomic E-state index is 2.42. The van der Waals surface area contributed by atoms with Gasteiger partial charge in [-0.1, -0.05) is 194 Å². The molecule has 0 aliphatic carbocycles. The Kier molecular flexibility index (Phi) is 40.6. The van der Waals surface area contributed by atoms with E-state index >= 15 is 0 Å². The number of unbranched alkanes of at least 4 members (excludes halogenated alkanes) is 30. The summed E-state index contributed by atoms with van der Waals surface area (Å²) in [6.45, 7) is 7.42. The zero-order valence-electron chi connectivity index (χ0n) is 27.9. The molecule has 0 aliphatic rings. The van der Waals surface area contributed by atoms with E-state index in [1.54, 1.807) is 4.90 Å². The van der Waals surface area contributed by atoms with Crippen LogP contribution >= 0.6 is 0 Å². The zero-order valence-corrected chi connectivity index (χ0v) is 28.7. The summed E-state index contributed by atoms with van der Waals surface area (Å²) >= 11 is 0. The van der Waals surface area contributed by atoms with Crippen molar-refractivity contribution < 1.29 is 17.3 Å². The van der Waals surface area contributed by atoms with Crippen LogP contribution in [0.25, 0.3) is 0 Å². The van der Waals surface area contributed by atoms with E-state index in [1.165, 1.54) is 219 Å². The number of halogens is 1. The molecule has 0 amide bonds. The molecule has 1 unspecified atom stereocenters. The summed E-state index contributed by atoms with van der Waals surface area (Å²) in [5.41, 5.74) is 0. The highest BCUT2D eigenvalue weighted by atomic mass is 35.5. The fraction of sp³-hybridized carbons (Fsp3) is 1.00. The van der Waals surface area contributed by atoms with E-state index in [1.807, 2.05) is 0 Å². The van der Waals surface area contributed by atoms with Gasteiger partial charge in [-0.15, -0.1) is 0 Å².